The molecule has 0 bridgehead atoms. The van der Waals surface area contributed by atoms with Crippen molar-refractivity contribution in [3.63, 3.8) is 0 Å². The smallest absolute Gasteiger partial charge is 0.226 e. The summed E-state index contributed by atoms with van der Waals surface area (Å²) < 4.78 is 17.9. The lowest BCUT2D eigenvalue weighted by molar-refractivity contribution is -0.136. The molecule has 10 heteroatoms. The highest BCUT2D eigenvalue weighted by Crippen LogP contribution is 2.27. The number of nitrogens with zero attached hydrogens (tertiary/aromatic N) is 8. The van der Waals surface area contributed by atoms with Crippen molar-refractivity contribution in [3.8, 4) is 11.4 Å². The number of amides is 1. The molecular formula is C22H29FN8O. The number of anilines is 1. The van der Waals surface area contributed by atoms with Gasteiger partial charge < -0.3 is 9.80 Å². The summed E-state index contributed by atoms with van der Waals surface area (Å²) in [6.45, 7) is 6.40. The summed E-state index contributed by atoms with van der Waals surface area (Å²) in [5.41, 5.74) is 2.77. The van der Waals surface area contributed by atoms with Gasteiger partial charge in [0, 0.05) is 58.0 Å². The average Bonchev–Trinajstić information content (AvgIpc) is 3.36. The monoisotopic (exact) mass is 440 g/mol. The highest BCUT2D eigenvalue weighted by molar-refractivity contribution is 5.79. The Morgan fingerprint density at radius 1 is 1.19 bits per heavy atom. The molecule has 0 unspecified atom stereocenters. The number of carbonyl (C=O) groups excluding carboxylic acids is 1. The maximum Gasteiger partial charge on any atom is 0.226 e. The SMILES string of the molecule is CCN(Cc1cnn(C)c1)C(=O)C1CCN(c2ncc(F)c(-c3c(C)cnn3C)n2)CC1. The van der Waals surface area contributed by atoms with Crippen LogP contribution in [0, 0.1) is 18.7 Å². The molecule has 3 aromatic heterocycles. The quantitative estimate of drug-likeness (QED) is 0.585. The summed E-state index contributed by atoms with van der Waals surface area (Å²) in [4.78, 5) is 25.7. The third-order valence-corrected chi connectivity index (χ3v) is 6.03. The fraction of sp³-hybridized carbons (Fsp3) is 0.500. The molecule has 0 spiro atoms. The van der Waals surface area contributed by atoms with Crippen LogP contribution in [0.3, 0.4) is 0 Å². The van der Waals surface area contributed by atoms with Gasteiger partial charge in [0.05, 0.1) is 24.3 Å². The third kappa shape index (κ3) is 4.35. The molecule has 170 valence electrons. The van der Waals surface area contributed by atoms with Crippen LogP contribution in [0.25, 0.3) is 11.4 Å². The van der Waals surface area contributed by atoms with Gasteiger partial charge in [-0.3, -0.25) is 14.2 Å². The first-order valence-corrected chi connectivity index (χ1v) is 10.9. The minimum Gasteiger partial charge on any atom is -0.341 e. The molecule has 0 N–H and O–H groups in total. The molecule has 1 amide bonds. The average molecular weight is 441 g/mol. The molecule has 9 nitrogen and oxygen atoms in total. The van der Waals surface area contributed by atoms with E-state index < -0.39 is 5.82 Å². The zero-order chi connectivity index (χ0) is 22.8. The van der Waals surface area contributed by atoms with Gasteiger partial charge in [-0.2, -0.15) is 10.2 Å². The van der Waals surface area contributed by atoms with Crippen LogP contribution in [-0.2, 0) is 25.4 Å². The number of hydrogen-bond donors (Lipinski definition) is 0. The largest absolute Gasteiger partial charge is 0.341 e. The maximum atomic E-state index is 14.5. The molecule has 1 saturated heterocycles. The highest BCUT2D eigenvalue weighted by Gasteiger charge is 2.29. The van der Waals surface area contributed by atoms with Gasteiger partial charge in [-0.15, -0.1) is 0 Å². The van der Waals surface area contributed by atoms with Gasteiger partial charge in [-0.1, -0.05) is 0 Å². The summed E-state index contributed by atoms with van der Waals surface area (Å²) in [5, 5.41) is 8.38. The second-order valence-electron chi connectivity index (χ2n) is 8.30. The lowest BCUT2D eigenvalue weighted by atomic mass is 9.95. The Labute approximate surface area is 186 Å². The Morgan fingerprint density at radius 3 is 2.53 bits per heavy atom. The van der Waals surface area contributed by atoms with Gasteiger partial charge in [0.1, 0.15) is 5.69 Å². The van der Waals surface area contributed by atoms with Crippen LogP contribution >= 0.6 is 0 Å². The number of halogens is 1. The van der Waals surface area contributed by atoms with Crippen LogP contribution in [0.15, 0.2) is 24.8 Å². The first kappa shape index (κ1) is 21.9. The van der Waals surface area contributed by atoms with Crippen molar-refractivity contribution in [2.75, 3.05) is 24.5 Å². The van der Waals surface area contributed by atoms with Gasteiger partial charge in [0.15, 0.2) is 5.82 Å². The third-order valence-electron chi connectivity index (χ3n) is 6.03. The van der Waals surface area contributed by atoms with Crippen LogP contribution < -0.4 is 4.90 Å². The lowest BCUT2D eigenvalue weighted by Crippen LogP contribution is -2.42. The molecule has 0 aliphatic carbocycles. The Hall–Kier alpha value is -3.30. The van der Waals surface area contributed by atoms with E-state index in [2.05, 4.69) is 20.2 Å². The van der Waals surface area contributed by atoms with E-state index >= 15 is 0 Å². The summed E-state index contributed by atoms with van der Waals surface area (Å²) in [7, 11) is 3.64. The van der Waals surface area contributed by atoms with Gasteiger partial charge >= 0.3 is 0 Å². The van der Waals surface area contributed by atoms with E-state index in [4.69, 9.17) is 0 Å². The fourth-order valence-electron chi connectivity index (χ4n) is 4.27. The predicted octanol–water partition coefficient (Wildman–Crippen LogP) is 2.32. The van der Waals surface area contributed by atoms with Crippen molar-refractivity contribution in [3.05, 3.63) is 41.7 Å². The second-order valence-corrected chi connectivity index (χ2v) is 8.30. The molecule has 1 fully saturated rings. The van der Waals surface area contributed by atoms with Crippen LogP contribution in [0.5, 0.6) is 0 Å². The Balaban J connectivity index is 1.43. The van der Waals surface area contributed by atoms with Gasteiger partial charge in [-0.05, 0) is 32.3 Å². The van der Waals surface area contributed by atoms with E-state index in [9.17, 15) is 9.18 Å². The van der Waals surface area contributed by atoms with E-state index in [1.807, 2.05) is 36.9 Å². The summed E-state index contributed by atoms with van der Waals surface area (Å²) >= 11 is 0. The number of aromatic nitrogens is 6. The normalized spacial score (nSPS) is 14.7. The van der Waals surface area contributed by atoms with E-state index in [1.54, 1.807) is 28.8 Å². The Kier molecular flexibility index (Phi) is 6.20. The zero-order valence-electron chi connectivity index (χ0n) is 19.0. The van der Waals surface area contributed by atoms with Gasteiger partial charge in [0.2, 0.25) is 11.9 Å². The molecular weight excluding hydrogens is 411 g/mol. The fourth-order valence-corrected chi connectivity index (χ4v) is 4.27. The highest BCUT2D eigenvalue weighted by atomic mass is 19.1. The van der Waals surface area contributed by atoms with Crippen LogP contribution in [0.2, 0.25) is 0 Å². The number of hydrogen-bond acceptors (Lipinski definition) is 6. The second kappa shape index (κ2) is 9.05. The van der Waals surface area contributed by atoms with Crippen molar-refractivity contribution < 1.29 is 9.18 Å². The molecule has 32 heavy (non-hydrogen) atoms. The standard InChI is InChI=1S/C22H29FN8O/c1-5-30(14-16-11-25-28(3)13-16)21(32)17-6-8-31(9-7-17)22-24-12-18(23)19(27-22)20-15(2)10-26-29(20)4/h10-13,17H,5-9,14H2,1-4H3. The molecule has 4 heterocycles. The van der Waals surface area contributed by atoms with E-state index in [1.165, 1.54) is 6.20 Å². The Bertz CT molecular complexity index is 1080. The molecule has 0 radical (unpaired) electrons. The lowest BCUT2D eigenvalue weighted by Gasteiger charge is -2.34. The summed E-state index contributed by atoms with van der Waals surface area (Å²) in [5.74, 6) is 0.138. The van der Waals surface area contributed by atoms with Crippen LogP contribution in [-0.4, -0.2) is 60.0 Å². The summed E-state index contributed by atoms with van der Waals surface area (Å²) in [6, 6.07) is 0. The zero-order valence-corrected chi connectivity index (χ0v) is 19.0. The van der Waals surface area contributed by atoms with Crippen LogP contribution in [0.4, 0.5) is 10.3 Å². The molecule has 1 aliphatic heterocycles. The topological polar surface area (TPSA) is 85.0 Å². The van der Waals surface area contributed by atoms with E-state index in [0.29, 0.717) is 50.7 Å². The molecule has 3 aromatic rings. The molecule has 0 atom stereocenters. The number of piperidine rings is 1. The van der Waals surface area contributed by atoms with Crippen molar-refractivity contribution in [1.82, 2.24) is 34.4 Å². The van der Waals surface area contributed by atoms with Crippen molar-refractivity contribution in [2.24, 2.45) is 20.0 Å². The molecule has 4 rings (SSSR count). The minimum atomic E-state index is -0.473. The minimum absolute atomic E-state index is 0.0397. The first-order valence-electron chi connectivity index (χ1n) is 10.9. The first-order chi connectivity index (χ1) is 15.4. The molecule has 1 aliphatic rings. The van der Waals surface area contributed by atoms with Gasteiger partial charge in [-0.25, -0.2) is 14.4 Å². The van der Waals surface area contributed by atoms with Crippen molar-refractivity contribution in [1.29, 1.82) is 0 Å². The predicted molar refractivity (Wildman–Crippen MR) is 118 cm³/mol. The maximum absolute atomic E-state index is 14.5. The molecule has 0 aromatic carbocycles. The van der Waals surface area contributed by atoms with Gasteiger partial charge in [0.25, 0.3) is 0 Å². The van der Waals surface area contributed by atoms with E-state index in [0.717, 1.165) is 11.1 Å². The number of aryl methyl sites for hydroxylation is 3. The van der Waals surface area contributed by atoms with Crippen LogP contribution in [0.1, 0.15) is 30.9 Å². The van der Waals surface area contributed by atoms with E-state index in [-0.39, 0.29) is 17.5 Å². The van der Waals surface area contributed by atoms with Crippen molar-refractivity contribution >= 4 is 11.9 Å². The Morgan fingerprint density at radius 2 is 1.94 bits per heavy atom. The summed E-state index contributed by atoms with van der Waals surface area (Å²) in [6.07, 6.45) is 8.07. The number of rotatable bonds is 6. The number of carbonyl (C=O) groups is 1. The molecule has 0 saturated carbocycles. The van der Waals surface area contributed by atoms with Crippen molar-refractivity contribution in [2.45, 2.75) is 33.2 Å².